The van der Waals surface area contributed by atoms with Gasteiger partial charge in [0.05, 0.1) is 0 Å². The monoisotopic (exact) mass is 303 g/mol. The fraction of sp³-hybridized carbons (Fsp3) is 0.250. The molecule has 0 spiro atoms. The average Bonchev–Trinajstić information content (AvgIpc) is 2.46. The molecular formula is C16H18ClN3O. The van der Waals surface area contributed by atoms with E-state index in [0.717, 1.165) is 5.56 Å². The summed E-state index contributed by atoms with van der Waals surface area (Å²) in [5.74, 6) is 0.588. The lowest BCUT2D eigenvalue weighted by molar-refractivity contribution is 0.0785. The maximum atomic E-state index is 12.5. The van der Waals surface area contributed by atoms with Crippen LogP contribution in [0.4, 0.5) is 5.82 Å². The van der Waals surface area contributed by atoms with Gasteiger partial charge in [-0.25, -0.2) is 4.98 Å². The minimum absolute atomic E-state index is 0.0775. The number of hydrogen-bond acceptors (Lipinski definition) is 3. The first-order chi connectivity index (χ1) is 9.97. The van der Waals surface area contributed by atoms with Crippen LogP contribution in [0, 0.1) is 0 Å². The molecule has 1 aromatic carbocycles. The van der Waals surface area contributed by atoms with E-state index in [9.17, 15) is 4.79 Å². The third-order valence-electron chi connectivity index (χ3n) is 3.09. The zero-order chi connectivity index (χ0) is 15.4. The molecule has 1 amide bonds. The minimum Gasteiger partial charge on any atom is -0.363 e. The Bertz CT molecular complexity index is 629. The van der Waals surface area contributed by atoms with Gasteiger partial charge in [0.1, 0.15) is 11.0 Å². The van der Waals surface area contributed by atoms with Gasteiger partial charge in [-0.1, -0.05) is 41.9 Å². The molecule has 2 rings (SSSR count). The molecular weight excluding hydrogens is 286 g/mol. The van der Waals surface area contributed by atoms with E-state index in [-0.39, 0.29) is 5.91 Å². The summed E-state index contributed by atoms with van der Waals surface area (Å²) in [7, 11) is 5.50. The van der Waals surface area contributed by atoms with Crippen molar-refractivity contribution >= 4 is 23.3 Å². The van der Waals surface area contributed by atoms with Crippen molar-refractivity contribution in [3.05, 3.63) is 58.7 Å². The van der Waals surface area contributed by atoms with Crippen LogP contribution in [0.25, 0.3) is 0 Å². The first kappa shape index (κ1) is 15.3. The molecule has 0 radical (unpaired) electrons. The Labute approximate surface area is 130 Å². The fourth-order valence-corrected chi connectivity index (χ4v) is 2.19. The minimum atomic E-state index is -0.0775. The van der Waals surface area contributed by atoms with Gasteiger partial charge >= 0.3 is 0 Å². The number of anilines is 1. The molecule has 1 heterocycles. The van der Waals surface area contributed by atoms with E-state index in [1.165, 1.54) is 0 Å². The van der Waals surface area contributed by atoms with Crippen molar-refractivity contribution in [3.8, 4) is 0 Å². The molecule has 4 nitrogen and oxygen atoms in total. The van der Waals surface area contributed by atoms with Crippen LogP contribution in [0.2, 0.25) is 5.15 Å². The number of halogens is 1. The molecule has 1 aromatic heterocycles. The first-order valence-corrected chi connectivity index (χ1v) is 6.99. The quantitative estimate of drug-likeness (QED) is 0.815. The molecule has 0 atom stereocenters. The van der Waals surface area contributed by atoms with Crippen LogP contribution in [-0.2, 0) is 6.54 Å². The highest BCUT2D eigenvalue weighted by Gasteiger charge is 2.15. The Morgan fingerprint density at radius 1 is 1.14 bits per heavy atom. The largest absolute Gasteiger partial charge is 0.363 e. The summed E-state index contributed by atoms with van der Waals surface area (Å²) >= 11 is 5.99. The van der Waals surface area contributed by atoms with Gasteiger partial charge < -0.3 is 9.80 Å². The SMILES string of the molecule is CN(Cc1ccccc1)C(=O)c1cc(Cl)nc(N(C)C)c1. The third kappa shape index (κ3) is 3.95. The van der Waals surface area contributed by atoms with Gasteiger partial charge in [-0.3, -0.25) is 4.79 Å². The van der Waals surface area contributed by atoms with Crippen molar-refractivity contribution in [2.75, 3.05) is 26.0 Å². The van der Waals surface area contributed by atoms with E-state index < -0.39 is 0 Å². The summed E-state index contributed by atoms with van der Waals surface area (Å²) in [5.41, 5.74) is 1.62. The summed E-state index contributed by atoms with van der Waals surface area (Å²) in [4.78, 5) is 20.2. The fourth-order valence-electron chi connectivity index (χ4n) is 1.99. The Morgan fingerprint density at radius 2 is 1.81 bits per heavy atom. The number of carbonyl (C=O) groups is 1. The lowest BCUT2D eigenvalue weighted by Gasteiger charge is -2.19. The standard InChI is InChI=1S/C16H18ClN3O/c1-19(2)15-10-13(9-14(17)18-15)16(21)20(3)11-12-7-5-4-6-8-12/h4-10H,11H2,1-3H3. The molecule has 0 saturated carbocycles. The van der Waals surface area contributed by atoms with Crippen molar-refractivity contribution < 1.29 is 4.79 Å². The van der Waals surface area contributed by atoms with Gasteiger partial charge in [0.2, 0.25) is 0 Å². The molecule has 0 aliphatic rings. The zero-order valence-corrected chi connectivity index (χ0v) is 13.1. The predicted octanol–water partition coefficient (Wildman–Crippen LogP) is 3.07. The second-order valence-corrected chi connectivity index (χ2v) is 5.47. The van der Waals surface area contributed by atoms with Gasteiger partial charge in [0, 0.05) is 33.3 Å². The number of rotatable bonds is 4. The maximum Gasteiger partial charge on any atom is 0.254 e. The van der Waals surface area contributed by atoms with Gasteiger partial charge in [-0.05, 0) is 17.7 Å². The number of amides is 1. The Hall–Kier alpha value is -2.07. The third-order valence-corrected chi connectivity index (χ3v) is 3.29. The second-order valence-electron chi connectivity index (χ2n) is 5.08. The highest BCUT2D eigenvalue weighted by Crippen LogP contribution is 2.18. The number of aromatic nitrogens is 1. The van der Waals surface area contributed by atoms with E-state index in [0.29, 0.717) is 23.1 Å². The number of carbonyl (C=O) groups excluding carboxylic acids is 1. The van der Waals surface area contributed by atoms with E-state index in [4.69, 9.17) is 11.6 Å². The number of nitrogens with zero attached hydrogens (tertiary/aromatic N) is 3. The average molecular weight is 304 g/mol. The van der Waals surface area contributed by atoms with Crippen molar-refractivity contribution in [2.24, 2.45) is 0 Å². The molecule has 0 N–H and O–H groups in total. The van der Waals surface area contributed by atoms with Crippen LogP contribution in [0.5, 0.6) is 0 Å². The first-order valence-electron chi connectivity index (χ1n) is 6.61. The van der Waals surface area contributed by atoms with Crippen LogP contribution < -0.4 is 4.90 Å². The lowest BCUT2D eigenvalue weighted by atomic mass is 10.2. The Morgan fingerprint density at radius 3 is 2.43 bits per heavy atom. The van der Waals surface area contributed by atoms with Gasteiger partial charge in [0.25, 0.3) is 5.91 Å². The maximum absolute atomic E-state index is 12.5. The molecule has 21 heavy (non-hydrogen) atoms. The molecule has 0 saturated heterocycles. The molecule has 0 aliphatic carbocycles. The highest BCUT2D eigenvalue weighted by atomic mass is 35.5. The van der Waals surface area contributed by atoms with Gasteiger partial charge in [0.15, 0.2) is 0 Å². The Balaban J connectivity index is 2.19. The van der Waals surface area contributed by atoms with Crippen LogP contribution >= 0.6 is 11.6 Å². The predicted molar refractivity (Wildman–Crippen MR) is 85.8 cm³/mol. The zero-order valence-electron chi connectivity index (χ0n) is 12.4. The lowest BCUT2D eigenvalue weighted by Crippen LogP contribution is -2.26. The molecule has 0 aliphatic heterocycles. The molecule has 2 aromatic rings. The van der Waals surface area contributed by atoms with Crippen molar-refractivity contribution in [1.82, 2.24) is 9.88 Å². The number of benzene rings is 1. The second kappa shape index (κ2) is 6.59. The van der Waals surface area contributed by atoms with Crippen LogP contribution in [0.1, 0.15) is 15.9 Å². The van der Waals surface area contributed by atoms with Crippen LogP contribution in [0.3, 0.4) is 0 Å². The van der Waals surface area contributed by atoms with Crippen molar-refractivity contribution in [1.29, 1.82) is 0 Å². The molecule has 0 bridgehead atoms. The molecule has 0 unspecified atom stereocenters. The molecule has 0 fully saturated rings. The van der Waals surface area contributed by atoms with Gasteiger partial charge in [-0.2, -0.15) is 0 Å². The van der Waals surface area contributed by atoms with E-state index in [1.54, 1.807) is 24.1 Å². The summed E-state index contributed by atoms with van der Waals surface area (Å²) < 4.78 is 0. The summed E-state index contributed by atoms with van der Waals surface area (Å²) in [6.07, 6.45) is 0. The van der Waals surface area contributed by atoms with E-state index >= 15 is 0 Å². The number of pyridine rings is 1. The van der Waals surface area contributed by atoms with Crippen molar-refractivity contribution in [3.63, 3.8) is 0 Å². The van der Waals surface area contributed by atoms with Crippen LogP contribution in [0.15, 0.2) is 42.5 Å². The normalized spacial score (nSPS) is 10.3. The van der Waals surface area contributed by atoms with Crippen LogP contribution in [-0.4, -0.2) is 36.9 Å². The van der Waals surface area contributed by atoms with Crippen molar-refractivity contribution in [2.45, 2.75) is 6.54 Å². The Kier molecular flexibility index (Phi) is 4.81. The topological polar surface area (TPSA) is 36.4 Å². The van der Waals surface area contributed by atoms with E-state index in [2.05, 4.69) is 4.98 Å². The molecule has 5 heteroatoms. The summed E-state index contributed by atoms with van der Waals surface area (Å²) in [5, 5.41) is 0.317. The molecule has 110 valence electrons. The highest BCUT2D eigenvalue weighted by molar-refractivity contribution is 6.29. The number of hydrogen-bond donors (Lipinski definition) is 0. The van der Waals surface area contributed by atoms with E-state index in [1.807, 2.05) is 49.3 Å². The van der Waals surface area contributed by atoms with Gasteiger partial charge in [-0.15, -0.1) is 0 Å². The smallest absolute Gasteiger partial charge is 0.254 e. The summed E-state index contributed by atoms with van der Waals surface area (Å²) in [6.45, 7) is 0.552. The summed E-state index contributed by atoms with van der Waals surface area (Å²) in [6, 6.07) is 13.2.